The van der Waals surface area contributed by atoms with E-state index in [0.717, 1.165) is 31.2 Å². The normalized spacial score (nSPS) is 18.5. The number of piperidine rings is 1. The second-order valence-electron chi connectivity index (χ2n) is 7.58. The lowest BCUT2D eigenvalue weighted by atomic mass is 9.94. The van der Waals surface area contributed by atoms with Crippen molar-refractivity contribution in [1.82, 2.24) is 9.80 Å². The Morgan fingerprint density at radius 1 is 1.20 bits per heavy atom. The Balaban J connectivity index is 1.61. The Morgan fingerprint density at radius 2 is 1.88 bits per heavy atom. The summed E-state index contributed by atoms with van der Waals surface area (Å²) >= 11 is 0. The standard InChI is InChI=1S/C20H27FN2O2/c1-14(2)19(24)22-10-8-16(9-11-22)20(25)23(18-6-7-18)13-15-4-3-5-17(21)12-15/h3-5,12,14,16,18H,6-11,13H2,1-2H3. The molecule has 0 N–H and O–H groups in total. The molecular weight excluding hydrogens is 319 g/mol. The molecule has 2 fully saturated rings. The van der Waals surface area contributed by atoms with Gasteiger partial charge in [0.25, 0.3) is 0 Å². The first-order chi connectivity index (χ1) is 12.0. The second-order valence-corrected chi connectivity index (χ2v) is 7.58. The van der Waals surface area contributed by atoms with Gasteiger partial charge in [-0.3, -0.25) is 9.59 Å². The summed E-state index contributed by atoms with van der Waals surface area (Å²) in [7, 11) is 0. The van der Waals surface area contributed by atoms with Gasteiger partial charge in [0.15, 0.2) is 0 Å². The van der Waals surface area contributed by atoms with Crippen LogP contribution >= 0.6 is 0 Å². The highest BCUT2D eigenvalue weighted by Crippen LogP contribution is 2.32. The highest BCUT2D eigenvalue weighted by Gasteiger charge is 2.37. The minimum Gasteiger partial charge on any atom is -0.342 e. The van der Waals surface area contributed by atoms with E-state index in [1.54, 1.807) is 6.07 Å². The van der Waals surface area contributed by atoms with Gasteiger partial charge in [-0.25, -0.2) is 4.39 Å². The van der Waals surface area contributed by atoms with Crippen molar-refractivity contribution in [3.05, 3.63) is 35.6 Å². The zero-order valence-corrected chi connectivity index (χ0v) is 15.1. The Bertz CT molecular complexity index is 634. The van der Waals surface area contributed by atoms with Crippen LogP contribution < -0.4 is 0 Å². The van der Waals surface area contributed by atoms with Gasteiger partial charge in [-0.2, -0.15) is 0 Å². The van der Waals surface area contributed by atoms with Gasteiger partial charge in [0.05, 0.1) is 0 Å². The van der Waals surface area contributed by atoms with E-state index in [0.29, 0.717) is 25.7 Å². The van der Waals surface area contributed by atoms with Crippen molar-refractivity contribution in [2.75, 3.05) is 13.1 Å². The molecule has 5 heteroatoms. The Hall–Kier alpha value is -1.91. The van der Waals surface area contributed by atoms with Crippen molar-refractivity contribution >= 4 is 11.8 Å². The minimum absolute atomic E-state index is 0.00295. The van der Waals surface area contributed by atoms with Crippen LogP contribution in [0.4, 0.5) is 4.39 Å². The van der Waals surface area contributed by atoms with Crippen molar-refractivity contribution in [2.24, 2.45) is 11.8 Å². The van der Waals surface area contributed by atoms with Crippen LogP contribution in [-0.4, -0.2) is 40.7 Å². The predicted molar refractivity (Wildman–Crippen MR) is 94.1 cm³/mol. The molecule has 1 aliphatic carbocycles. The minimum atomic E-state index is -0.263. The maximum absolute atomic E-state index is 13.4. The molecule has 1 aromatic carbocycles. The zero-order valence-electron chi connectivity index (χ0n) is 15.1. The van der Waals surface area contributed by atoms with Crippen LogP contribution in [-0.2, 0) is 16.1 Å². The lowest BCUT2D eigenvalue weighted by Gasteiger charge is -2.35. The summed E-state index contributed by atoms with van der Waals surface area (Å²) < 4.78 is 13.4. The van der Waals surface area contributed by atoms with Crippen LogP contribution in [0, 0.1) is 17.7 Å². The van der Waals surface area contributed by atoms with E-state index in [2.05, 4.69) is 0 Å². The molecule has 0 radical (unpaired) electrons. The molecule has 0 spiro atoms. The van der Waals surface area contributed by atoms with E-state index in [1.807, 2.05) is 29.7 Å². The third-order valence-electron chi connectivity index (χ3n) is 5.16. The van der Waals surface area contributed by atoms with Gasteiger partial charge in [0, 0.05) is 37.5 Å². The molecule has 1 aliphatic heterocycles. The van der Waals surface area contributed by atoms with Crippen molar-refractivity contribution in [3.8, 4) is 0 Å². The van der Waals surface area contributed by atoms with Crippen molar-refractivity contribution in [3.63, 3.8) is 0 Å². The molecule has 1 saturated heterocycles. The molecule has 0 unspecified atom stereocenters. The number of carbonyl (C=O) groups excluding carboxylic acids is 2. The van der Waals surface area contributed by atoms with E-state index in [1.165, 1.54) is 12.1 Å². The van der Waals surface area contributed by atoms with E-state index >= 15 is 0 Å². The first kappa shape index (κ1) is 17.9. The van der Waals surface area contributed by atoms with Gasteiger partial charge < -0.3 is 9.80 Å². The molecule has 0 atom stereocenters. The molecule has 25 heavy (non-hydrogen) atoms. The zero-order chi connectivity index (χ0) is 18.0. The molecule has 1 heterocycles. The van der Waals surface area contributed by atoms with Gasteiger partial charge >= 0.3 is 0 Å². The number of hydrogen-bond acceptors (Lipinski definition) is 2. The van der Waals surface area contributed by atoms with Crippen molar-refractivity contribution in [2.45, 2.75) is 52.1 Å². The topological polar surface area (TPSA) is 40.6 Å². The average molecular weight is 346 g/mol. The van der Waals surface area contributed by atoms with Gasteiger partial charge in [0.1, 0.15) is 5.82 Å². The summed E-state index contributed by atoms with van der Waals surface area (Å²) in [6.07, 6.45) is 3.52. The lowest BCUT2D eigenvalue weighted by molar-refractivity contribution is -0.142. The van der Waals surface area contributed by atoms with Gasteiger partial charge in [-0.1, -0.05) is 26.0 Å². The molecule has 2 aliphatic rings. The number of benzene rings is 1. The number of halogens is 1. The number of hydrogen-bond donors (Lipinski definition) is 0. The number of likely N-dealkylation sites (tertiary alicyclic amines) is 1. The van der Waals surface area contributed by atoms with E-state index in [-0.39, 0.29) is 29.5 Å². The number of nitrogens with zero attached hydrogens (tertiary/aromatic N) is 2. The fourth-order valence-electron chi connectivity index (χ4n) is 3.55. The SMILES string of the molecule is CC(C)C(=O)N1CCC(C(=O)N(Cc2cccc(F)c2)C2CC2)CC1. The van der Waals surface area contributed by atoms with Crippen molar-refractivity contribution < 1.29 is 14.0 Å². The molecule has 0 aromatic heterocycles. The van der Waals surface area contributed by atoms with Gasteiger partial charge in [-0.15, -0.1) is 0 Å². The van der Waals surface area contributed by atoms with Crippen LogP contribution in [0.5, 0.6) is 0 Å². The molecule has 136 valence electrons. The van der Waals surface area contributed by atoms with Crippen LogP contribution in [0.1, 0.15) is 45.1 Å². The summed E-state index contributed by atoms with van der Waals surface area (Å²) in [6, 6.07) is 6.79. The van der Waals surface area contributed by atoms with Gasteiger partial charge in [0.2, 0.25) is 11.8 Å². The van der Waals surface area contributed by atoms with Crippen LogP contribution in [0.3, 0.4) is 0 Å². The average Bonchev–Trinajstić information content (AvgIpc) is 3.43. The Morgan fingerprint density at radius 3 is 2.44 bits per heavy atom. The monoisotopic (exact) mass is 346 g/mol. The maximum atomic E-state index is 13.4. The van der Waals surface area contributed by atoms with E-state index in [4.69, 9.17) is 0 Å². The lowest BCUT2D eigenvalue weighted by Crippen LogP contribution is -2.45. The first-order valence-electron chi connectivity index (χ1n) is 9.29. The third-order valence-corrected chi connectivity index (χ3v) is 5.16. The summed E-state index contributed by atoms with van der Waals surface area (Å²) in [5.41, 5.74) is 0.840. The van der Waals surface area contributed by atoms with E-state index in [9.17, 15) is 14.0 Å². The fourth-order valence-corrected chi connectivity index (χ4v) is 3.55. The first-order valence-corrected chi connectivity index (χ1v) is 9.29. The second kappa shape index (κ2) is 7.54. The van der Waals surface area contributed by atoms with Crippen LogP contribution in [0.2, 0.25) is 0 Å². The predicted octanol–water partition coefficient (Wildman–Crippen LogP) is 3.21. The molecule has 3 rings (SSSR count). The van der Waals surface area contributed by atoms with Gasteiger partial charge in [-0.05, 0) is 43.4 Å². The molecular formula is C20H27FN2O2. The van der Waals surface area contributed by atoms with Crippen LogP contribution in [0.25, 0.3) is 0 Å². The number of carbonyl (C=O) groups is 2. The summed E-state index contributed by atoms with van der Waals surface area (Å²) in [4.78, 5) is 28.9. The Labute approximate surface area is 149 Å². The highest BCUT2D eigenvalue weighted by molar-refractivity contribution is 5.81. The summed E-state index contributed by atoms with van der Waals surface area (Å²) in [5, 5.41) is 0. The number of amides is 2. The van der Waals surface area contributed by atoms with E-state index < -0.39 is 0 Å². The molecule has 4 nitrogen and oxygen atoms in total. The quantitative estimate of drug-likeness (QED) is 0.821. The molecule has 2 amide bonds. The largest absolute Gasteiger partial charge is 0.342 e. The highest BCUT2D eigenvalue weighted by atomic mass is 19.1. The molecule has 0 bridgehead atoms. The number of rotatable bonds is 5. The van der Waals surface area contributed by atoms with Crippen molar-refractivity contribution in [1.29, 1.82) is 0 Å². The smallest absolute Gasteiger partial charge is 0.226 e. The Kier molecular flexibility index (Phi) is 5.40. The molecule has 1 saturated carbocycles. The fraction of sp³-hybridized carbons (Fsp3) is 0.600. The summed E-state index contributed by atoms with van der Waals surface area (Å²) in [6.45, 7) is 5.62. The molecule has 1 aromatic rings. The van der Waals surface area contributed by atoms with Crippen LogP contribution in [0.15, 0.2) is 24.3 Å². The third kappa shape index (κ3) is 4.39. The summed E-state index contributed by atoms with van der Waals surface area (Å²) in [5.74, 6) is 0.0582. The maximum Gasteiger partial charge on any atom is 0.226 e.